The molecule has 0 heterocycles. The predicted octanol–water partition coefficient (Wildman–Crippen LogP) is 22.4. The van der Waals surface area contributed by atoms with Gasteiger partial charge >= 0.3 is 39.5 Å². The maximum Gasteiger partial charge on any atom is 0.472 e. The van der Waals surface area contributed by atoms with Gasteiger partial charge in [0.05, 0.1) is 26.4 Å². The monoisotopic (exact) mass is 1410 g/mol. The number of hydrogen-bond donors (Lipinski definition) is 3. The van der Waals surface area contributed by atoms with Crippen LogP contribution in [0.2, 0.25) is 0 Å². The first-order valence-electron chi connectivity index (χ1n) is 39.7. The van der Waals surface area contributed by atoms with Crippen molar-refractivity contribution in [3.8, 4) is 0 Å². The molecule has 0 spiro atoms. The molecule has 0 aliphatic carbocycles. The lowest BCUT2D eigenvalue weighted by molar-refractivity contribution is -0.161. The minimum atomic E-state index is -4.96. The number of ether oxygens (including phenoxy) is 4. The Morgan fingerprint density at radius 3 is 0.646 bits per heavy atom. The van der Waals surface area contributed by atoms with E-state index in [-0.39, 0.29) is 25.7 Å². The van der Waals surface area contributed by atoms with Crippen LogP contribution in [0.1, 0.15) is 389 Å². The highest BCUT2D eigenvalue weighted by Gasteiger charge is 2.30. The molecule has 0 radical (unpaired) electrons. The van der Waals surface area contributed by atoms with Crippen molar-refractivity contribution in [1.82, 2.24) is 0 Å². The third kappa shape index (κ3) is 70.5. The van der Waals surface area contributed by atoms with Crippen molar-refractivity contribution >= 4 is 39.5 Å². The van der Waals surface area contributed by atoms with Crippen LogP contribution >= 0.6 is 15.6 Å². The van der Waals surface area contributed by atoms with Gasteiger partial charge in [0, 0.05) is 25.7 Å². The van der Waals surface area contributed by atoms with E-state index in [2.05, 4.69) is 55.4 Å². The number of hydrogen-bond acceptors (Lipinski definition) is 15. The summed E-state index contributed by atoms with van der Waals surface area (Å²) in [5.74, 6) is 0.896. The molecule has 19 heteroatoms. The second-order valence-corrected chi connectivity index (χ2v) is 32.6. The van der Waals surface area contributed by atoms with Crippen LogP contribution in [0, 0.1) is 23.7 Å². The summed E-state index contributed by atoms with van der Waals surface area (Å²) < 4.78 is 68.5. The average molecular weight is 1410 g/mol. The van der Waals surface area contributed by atoms with Gasteiger partial charge in [-0.3, -0.25) is 37.3 Å². The highest BCUT2D eigenvalue weighted by atomic mass is 31.2. The maximum absolute atomic E-state index is 13.1. The molecule has 0 saturated heterocycles. The van der Waals surface area contributed by atoms with Crippen LogP contribution in [-0.4, -0.2) is 96.7 Å². The summed E-state index contributed by atoms with van der Waals surface area (Å²) >= 11 is 0. The van der Waals surface area contributed by atoms with Gasteiger partial charge in [-0.25, -0.2) is 9.13 Å². The molecule has 96 heavy (non-hydrogen) atoms. The highest BCUT2D eigenvalue weighted by molar-refractivity contribution is 7.47. The van der Waals surface area contributed by atoms with Crippen LogP contribution in [0.3, 0.4) is 0 Å². The molecule has 0 aliphatic rings. The van der Waals surface area contributed by atoms with Gasteiger partial charge in [0.1, 0.15) is 19.3 Å². The Bertz CT molecular complexity index is 1880. The summed E-state index contributed by atoms with van der Waals surface area (Å²) in [7, 11) is -9.91. The third-order valence-electron chi connectivity index (χ3n) is 17.8. The second kappa shape index (κ2) is 66.3. The van der Waals surface area contributed by atoms with Crippen LogP contribution < -0.4 is 0 Å². The highest BCUT2D eigenvalue weighted by Crippen LogP contribution is 2.45. The molecule has 0 rings (SSSR count). The summed E-state index contributed by atoms with van der Waals surface area (Å²) in [6, 6.07) is 0. The number of esters is 4. The number of rotatable bonds is 74. The van der Waals surface area contributed by atoms with Crippen LogP contribution in [-0.2, 0) is 65.4 Å². The Morgan fingerprint density at radius 2 is 0.438 bits per heavy atom. The van der Waals surface area contributed by atoms with Crippen LogP contribution in [0.4, 0.5) is 0 Å². The summed E-state index contributed by atoms with van der Waals surface area (Å²) in [6.45, 7) is 14.2. The van der Waals surface area contributed by atoms with Crippen molar-refractivity contribution < 1.29 is 80.2 Å². The van der Waals surface area contributed by atoms with E-state index in [0.717, 1.165) is 114 Å². The molecule has 0 aliphatic heterocycles. The fourth-order valence-corrected chi connectivity index (χ4v) is 13.3. The normalized spacial score (nSPS) is 14.1. The number of phosphoric acid groups is 2. The Hall–Kier alpha value is -1.94. The molecule has 3 unspecified atom stereocenters. The molecule has 0 saturated carbocycles. The molecule has 0 fully saturated rings. The van der Waals surface area contributed by atoms with E-state index in [1.165, 1.54) is 186 Å². The number of carbonyl (C=O) groups excluding carboxylic acids is 4. The topological polar surface area (TPSA) is 237 Å². The van der Waals surface area contributed by atoms with Crippen molar-refractivity contribution in [3.63, 3.8) is 0 Å². The Balaban J connectivity index is 5.20. The van der Waals surface area contributed by atoms with E-state index >= 15 is 0 Å². The number of unbranched alkanes of at least 4 members (excludes halogenated alkanes) is 40. The zero-order chi connectivity index (χ0) is 71.0. The van der Waals surface area contributed by atoms with Crippen LogP contribution in [0.5, 0.6) is 0 Å². The number of phosphoric ester groups is 2. The van der Waals surface area contributed by atoms with E-state index in [1.54, 1.807) is 0 Å². The summed E-state index contributed by atoms with van der Waals surface area (Å²) in [5, 5.41) is 10.6. The lowest BCUT2D eigenvalue weighted by Gasteiger charge is -2.21. The van der Waals surface area contributed by atoms with Crippen molar-refractivity contribution in [3.05, 3.63) is 0 Å². The van der Waals surface area contributed by atoms with Gasteiger partial charge in [0.15, 0.2) is 12.2 Å². The summed E-state index contributed by atoms with van der Waals surface area (Å²) in [6.07, 6.45) is 51.5. The number of carbonyl (C=O) groups is 4. The van der Waals surface area contributed by atoms with Gasteiger partial charge in [-0.2, -0.15) is 0 Å². The van der Waals surface area contributed by atoms with Gasteiger partial charge in [-0.15, -0.1) is 0 Å². The van der Waals surface area contributed by atoms with Crippen LogP contribution in [0.15, 0.2) is 0 Å². The van der Waals surface area contributed by atoms with E-state index in [4.69, 9.17) is 37.0 Å². The Morgan fingerprint density at radius 1 is 0.260 bits per heavy atom. The van der Waals surface area contributed by atoms with E-state index in [9.17, 15) is 43.2 Å². The van der Waals surface area contributed by atoms with Crippen molar-refractivity contribution in [2.75, 3.05) is 39.6 Å². The third-order valence-corrected chi connectivity index (χ3v) is 19.7. The smallest absolute Gasteiger partial charge is 0.462 e. The molecule has 0 aromatic rings. The average Bonchev–Trinajstić information content (AvgIpc) is 1.12. The molecule has 0 bridgehead atoms. The zero-order valence-electron chi connectivity index (χ0n) is 63.0. The fraction of sp³-hybridized carbons (Fsp3) is 0.948. The van der Waals surface area contributed by atoms with E-state index < -0.39 is 97.5 Å². The van der Waals surface area contributed by atoms with Gasteiger partial charge < -0.3 is 33.8 Å². The molecule has 0 aromatic heterocycles. The molecular formula is C77H150O17P2. The number of aliphatic hydroxyl groups excluding tert-OH is 1. The first-order chi connectivity index (χ1) is 46.1. The first kappa shape index (κ1) is 94.1. The minimum absolute atomic E-state index is 0.105. The Labute approximate surface area is 588 Å². The van der Waals surface area contributed by atoms with Crippen molar-refractivity contribution in [2.24, 2.45) is 23.7 Å². The second-order valence-electron chi connectivity index (χ2n) is 29.7. The summed E-state index contributed by atoms with van der Waals surface area (Å²) in [5.41, 5.74) is 0. The predicted molar refractivity (Wildman–Crippen MR) is 391 cm³/mol. The first-order valence-corrected chi connectivity index (χ1v) is 42.7. The zero-order valence-corrected chi connectivity index (χ0v) is 64.8. The van der Waals surface area contributed by atoms with Gasteiger partial charge in [0.2, 0.25) is 0 Å². The number of aliphatic hydroxyl groups is 1. The van der Waals surface area contributed by atoms with E-state index in [0.29, 0.717) is 31.6 Å². The molecule has 17 nitrogen and oxygen atoms in total. The lowest BCUT2D eigenvalue weighted by atomic mass is 10.0. The van der Waals surface area contributed by atoms with Gasteiger partial charge in [-0.05, 0) is 49.4 Å². The largest absolute Gasteiger partial charge is 0.472 e. The van der Waals surface area contributed by atoms with Gasteiger partial charge in [0.25, 0.3) is 0 Å². The molecule has 3 N–H and O–H groups in total. The standard InChI is InChI=1S/C77H150O17P2/c1-67(2)53-45-37-29-23-18-14-10-9-11-17-21-27-33-43-51-59-76(81)94-73(64-88-75(80)58-50-42-36-35-40-48-56-70(7)8)66-92-96(85,86)90-62-71(78)61-89-95(83,84)91-65-72(93-77(82)60-52-44-34-28-22-25-31-39-47-55-69(5)6)63-87-74(79)57-49-41-32-26-20-16-13-12-15-19-24-30-38-46-54-68(3)4/h67-73,78H,9-66H2,1-8H3,(H,83,84)(H,85,86)/t71?,72-,73-/m1/s1. The summed E-state index contributed by atoms with van der Waals surface area (Å²) in [4.78, 5) is 72.8. The SMILES string of the molecule is CC(C)CCCCCCCCCCCCCCCCCC(=O)O[C@H](COC(=O)CCCCCCCCC(C)C)COP(=O)(O)OCC(O)COP(=O)(O)OC[C@@H](COC(=O)CCCCCCCCCCCCCCCCC(C)C)OC(=O)CCCCCCCCCCCC(C)C. The molecule has 570 valence electrons. The lowest BCUT2D eigenvalue weighted by Crippen LogP contribution is -2.30. The van der Waals surface area contributed by atoms with E-state index in [1.807, 2.05) is 0 Å². The molecule has 0 aromatic carbocycles. The van der Waals surface area contributed by atoms with Crippen LogP contribution in [0.25, 0.3) is 0 Å². The van der Waals surface area contributed by atoms with Crippen molar-refractivity contribution in [2.45, 2.75) is 408 Å². The maximum atomic E-state index is 13.1. The van der Waals surface area contributed by atoms with Gasteiger partial charge in [-0.1, -0.05) is 338 Å². The molecular weight excluding hydrogens is 1260 g/mol. The molecule has 5 atom stereocenters. The fourth-order valence-electron chi connectivity index (χ4n) is 11.7. The quantitative estimate of drug-likeness (QED) is 0.0222. The van der Waals surface area contributed by atoms with Crippen molar-refractivity contribution in [1.29, 1.82) is 0 Å². The molecule has 0 amide bonds. The Kier molecular flexibility index (Phi) is 65.0. The minimum Gasteiger partial charge on any atom is -0.462 e.